The van der Waals surface area contributed by atoms with E-state index in [2.05, 4.69) is 16.1 Å². The van der Waals surface area contributed by atoms with Crippen molar-refractivity contribution in [2.24, 2.45) is 0 Å². The maximum Gasteiger partial charge on any atom is 0.151 e. The second-order valence-electron chi connectivity index (χ2n) is 6.87. The summed E-state index contributed by atoms with van der Waals surface area (Å²) in [5.41, 5.74) is 3.17. The van der Waals surface area contributed by atoms with E-state index in [9.17, 15) is 0 Å². The Bertz CT molecular complexity index is 892. The smallest absolute Gasteiger partial charge is 0.151 e. The van der Waals surface area contributed by atoms with Crippen LogP contribution in [0.1, 0.15) is 23.7 Å². The van der Waals surface area contributed by atoms with Gasteiger partial charge < -0.3 is 14.0 Å². The molecule has 0 bridgehead atoms. The topological polar surface area (TPSA) is 47.7 Å². The third-order valence-electron chi connectivity index (χ3n) is 5.16. The van der Waals surface area contributed by atoms with E-state index in [1.165, 1.54) is 5.56 Å². The first-order valence-corrected chi connectivity index (χ1v) is 9.22. The summed E-state index contributed by atoms with van der Waals surface area (Å²) in [6.07, 6.45) is 1.09. The number of hydrogen-bond acceptors (Lipinski definition) is 5. The monoisotopic (exact) mass is 364 g/mol. The minimum Gasteiger partial charge on any atom is -0.497 e. The van der Waals surface area contributed by atoms with Gasteiger partial charge >= 0.3 is 0 Å². The molecule has 0 aliphatic carbocycles. The van der Waals surface area contributed by atoms with Crippen molar-refractivity contribution in [2.75, 3.05) is 27.3 Å². The van der Waals surface area contributed by atoms with Crippen LogP contribution >= 0.6 is 0 Å². The molecule has 0 saturated carbocycles. The number of rotatable bonds is 6. The third kappa shape index (κ3) is 3.83. The normalized spacial score (nSPS) is 17.2. The van der Waals surface area contributed by atoms with E-state index in [0.29, 0.717) is 5.92 Å². The van der Waals surface area contributed by atoms with Gasteiger partial charge in [-0.05, 0) is 31.2 Å². The standard InChI is InChI=1S/C22H24N2O3/c1-25-18-8-9-22(26-2)20(12-18)17-10-11-24(14-17)15-19-13-21(23-27-19)16-6-4-3-5-7-16/h3-9,12-13,17H,10-11,14-15H2,1-2H3. The van der Waals surface area contributed by atoms with Gasteiger partial charge in [0.15, 0.2) is 5.76 Å². The van der Waals surface area contributed by atoms with Crippen LogP contribution in [0.3, 0.4) is 0 Å². The first-order valence-electron chi connectivity index (χ1n) is 9.22. The molecule has 1 saturated heterocycles. The number of aromatic nitrogens is 1. The van der Waals surface area contributed by atoms with Crippen LogP contribution in [0.5, 0.6) is 11.5 Å². The van der Waals surface area contributed by atoms with E-state index in [0.717, 1.165) is 54.6 Å². The van der Waals surface area contributed by atoms with Gasteiger partial charge in [0.25, 0.3) is 0 Å². The lowest BCUT2D eigenvalue weighted by molar-refractivity contribution is 0.271. The first-order chi connectivity index (χ1) is 13.3. The van der Waals surface area contributed by atoms with Crippen LogP contribution in [0.15, 0.2) is 59.1 Å². The van der Waals surface area contributed by atoms with Crippen molar-refractivity contribution in [2.45, 2.75) is 18.9 Å². The van der Waals surface area contributed by atoms with E-state index in [4.69, 9.17) is 14.0 Å². The van der Waals surface area contributed by atoms with Gasteiger partial charge in [-0.3, -0.25) is 4.90 Å². The zero-order valence-corrected chi connectivity index (χ0v) is 15.7. The number of benzene rings is 2. The summed E-state index contributed by atoms with van der Waals surface area (Å²) >= 11 is 0. The van der Waals surface area contributed by atoms with Crippen LogP contribution in [0.4, 0.5) is 0 Å². The zero-order valence-electron chi connectivity index (χ0n) is 15.7. The number of methoxy groups -OCH3 is 2. The van der Waals surface area contributed by atoms with Crippen molar-refractivity contribution in [3.8, 4) is 22.8 Å². The summed E-state index contributed by atoms with van der Waals surface area (Å²) in [6, 6.07) is 18.2. The molecule has 5 heteroatoms. The Labute approximate surface area is 159 Å². The molecule has 4 rings (SSSR count). The van der Waals surface area contributed by atoms with Crippen molar-refractivity contribution >= 4 is 0 Å². The molecular weight excluding hydrogens is 340 g/mol. The molecule has 2 aromatic carbocycles. The maximum atomic E-state index is 5.57. The molecular formula is C22H24N2O3. The second-order valence-corrected chi connectivity index (χ2v) is 6.87. The Hall–Kier alpha value is -2.79. The lowest BCUT2D eigenvalue weighted by Gasteiger charge is -2.17. The van der Waals surface area contributed by atoms with Crippen molar-refractivity contribution in [3.05, 3.63) is 65.9 Å². The predicted octanol–water partition coefficient (Wildman–Crippen LogP) is 4.35. The van der Waals surface area contributed by atoms with Crippen LogP contribution in [0.2, 0.25) is 0 Å². The summed E-state index contributed by atoms with van der Waals surface area (Å²) in [6.45, 7) is 2.75. The number of likely N-dealkylation sites (tertiary alicyclic amines) is 1. The molecule has 1 aromatic heterocycles. The zero-order chi connectivity index (χ0) is 18.6. The molecule has 1 atom stereocenters. The van der Waals surface area contributed by atoms with E-state index >= 15 is 0 Å². The highest BCUT2D eigenvalue weighted by Gasteiger charge is 2.27. The quantitative estimate of drug-likeness (QED) is 0.651. The number of ether oxygens (including phenoxy) is 2. The van der Waals surface area contributed by atoms with Gasteiger partial charge in [0.1, 0.15) is 17.2 Å². The van der Waals surface area contributed by atoms with Gasteiger partial charge in [0.2, 0.25) is 0 Å². The van der Waals surface area contributed by atoms with Gasteiger partial charge in [-0.25, -0.2) is 0 Å². The molecule has 140 valence electrons. The molecule has 1 fully saturated rings. The summed E-state index contributed by atoms with van der Waals surface area (Å²) in [5, 5.41) is 4.22. The largest absolute Gasteiger partial charge is 0.497 e. The number of nitrogens with zero attached hydrogens (tertiary/aromatic N) is 2. The lowest BCUT2D eigenvalue weighted by atomic mass is 9.97. The predicted molar refractivity (Wildman–Crippen MR) is 104 cm³/mol. The van der Waals surface area contributed by atoms with Crippen molar-refractivity contribution in [1.82, 2.24) is 10.1 Å². The summed E-state index contributed by atoms with van der Waals surface area (Å²) < 4.78 is 16.5. The van der Waals surface area contributed by atoms with E-state index in [1.54, 1.807) is 14.2 Å². The molecule has 1 aliphatic heterocycles. The van der Waals surface area contributed by atoms with Crippen LogP contribution in [-0.4, -0.2) is 37.4 Å². The SMILES string of the molecule is COc1ccc(OC)c(C2CCN(Cc3cc(-c4ccccc4)no3)C2)c1. The number of hydrogen-bond donors (Lipinski definition) is 0. The Kier molecular flexibility index (Phi) is 5.12. The Morgan fingerprint density at radius 2 is 1.93 bits per heavy atom. The molecule has 1 aliphatic rings. The van der Waals surface area contributed by atoms with Crippen LogP contribution in [-0.2, 0) is 6.54 Å². The highest BCUT2D eigenvalue weighted by Crippen LogP contribution is 2.36. The van der Waals surface area contributed by atoms with E-state index in [-0.39, 0.29) is 0 Å². The fraction of sp³-hybridized carbons (Fsp3) is 0.318. The fourth-order valence-corrected chi connectivity index (χ4v) is 3.74. The van der Waals surface area contributed by atoms with Crippen molar-refractivity contribution < 1.29 is 14.0 Å². The van der Waals surface area contributed by atoms with E-state index < -0.39 is 0 Å². The molecule has 1 unspecified atom stereocenters. The van der Waals surface area contributed by atoms with Crippen molar-refractivity contribution in [3.63, 3.8) is 0 Å². The molecule has 2 heterocycles. The minimum atomic E-state index is 0.423. The summed E-state index contributed by atoms with van der Waals surface area (Å²) in [4.78, 5) is 2.40. The molecule has 0 N–H and O–H groups in total. The molecule has 0 radical (unpaired) electrons. The highest BCUT2D eigenvalue weighted by molar-refractivity contribution is 5.58. The Morgan fingerprint density at radius 1 is 1.07 bits per heavy atom. The summed E-state index contributed by atoms with van der Waals surface area (Å²) in [7, 11) is 3.42. The van der Waals surface area contributed by atoms with Crippen molar-refractivity contribution in [1.29, 1.82) is 0 Å². The van der Waals surface area contributed by atoms with Crippen LogP contribution in [0, 0.1) is 0 Å². The Morgan fingerprint density at radius 3 is 2.70 bits per heavy atom. The van der Waals surface area contributed by atoms with Gasteiger partial charge in [0.05, 0.1) is 20.8 Å². The lowest BCUT2D eigenvalue weighted by Crippen LogP contribution is -2.19. The average molecular weight is 364 g/mol. The Balaban J connectivity index is 1.44. The average Bonchev–Trinajstić information content (AvgIpc) is 3.38. The molecule has 0 amide bonds. The van der Waals surface area contributed by atoms with Gasteiger partial charge in [0, 0.05) is 29.7 Å². The molecule has 27 heavy (non-hydrogen) atoms. The van der Waals surface area contributed by atoms with Crippen LogP contribution < -0.4 is 9.47 Å². The van der Waals surface area contributed by atoms with E-state index in [1.807, 2.05) is 48.5 Å². The molecule has 5 nitrogen and oxygen atoms in total. The van der Waals surface area contributed by atoms with Crippen LogP contribution in [0.25, 0.3) is 11.3 Å². The first kappa shape index (κ1) is 17.6. The van der Waals surface area contributed by atoms with Gasteiger partial charge in [-0.1, -0.05) is 35.5 Å². The van der Waals surface area contributed by atoms with Gasteiger partial charge in [-0.2, -0.15) is 0 Å². The maximum absolute atomic E-state index is 5.57. The molecule has 0 spiro atoms. The minimum absolute atomic E-state index is 0.423. The second kappa shape index (κ2) is 7.84. The third-order valence-corrected chi connectivity index (χ3v) is 5.16. The summed E-state index contributed by atoms with van der Waals surface area (Å²) in [5.74, 6) is 3.11. The van der Waals surface area contributed by atoms with Gasteiger partial charge in [-0.15, -0.1) is 0 Å². The highest BCUT2D eigenvalue weighted by atomic mass is 16.5. The molecule has 3 aromatic rings. The fourth-order valence-electron chi connectivity index (χ4n) is 3.74.